The summed E-state index contributed by atoms with van der Waals surface area (Å²) >= 11 is 0. The van der Waals surface area contributed by atoms with Crippen LogP contribution in [0.15, 0.2) is 48.5 Å². The van der Waals surface area contributed by atoms with Gasteiger partial charge in [0.2, 0.25) is 5.91 Å². The predicted octanol–water partition coefficient (Wildman–Crippen LogP) is 2.25. The van der Waals surface area contributed by atoms with Gasteiger partial charge in [0.1, 0.15) is 0 Å². The number of benzene rings is 2. The molecule has 0 aromatic heterocycles. The summed E-state index contributed by atoms with van der Waals surface area (Å²) in [6.45, 7) is 3.18. The molecule has 2 N–H and O–H groups in total. The Kier molecular flexibility index (Phi) is 6.13. The molecule has 1 saturated carbocycles. The third kappa shape index (κ3) is 5.58. The smallest absolute Gasteiger partial charge is 0.269 e. The molecule has 0 spiro atoms. The van der Waals surface area contributed by atoms with Crippen molar-refractivity contribution in [2.45, 2.75) is 18.9 Å². The highest BCUT2D eigenvalue weighted by atomic mass is 16.6. The zero-order valence-electron chi connectivity index (χ0n) is 17.1. The lowest BCUT2D eigenvalue weighted by Crippen LogP contribution is -2.48. The van der Waals surface area contributed by atoms with E-state index in [0.717, 1.165) is 31.6 Å². The SMILES string of the molecule is O=C(CN1CCN(c2ccc([N+](=O)[O-])cc2)CC1)Nc1cccc(C(=O)NC2CC2)c1. The molecule has 0 bridgehead atoms. The van der Waals surface area contributed by atoms with E-state index in [1.165, 1.54) is 12.1 Å². The molecule has 4 rings (SSSR count). The van der Waals surface area contributed by atoms with Crippen molar-refractivity contribution in [2.75, 3.05) is 42.9 Å². The van der Waals surface area contributed by atoms with Gasteiger partial charge in [-0.3, -0.25) is 24.6 Å². The van der Waals surface area contributed by atoms with E-state index in [0.29, 0.717) is 24.3 Å². The summed E-state index contributed by atoms with van der Waals surface area (Å²) in [6.07, 6.45) is 2.05. The van der Waals surface area contributed by atoms with Gasteiger partial charge < -0.3 is 15.5 Å². The van der Waals surface area contributed by atoms with E-state index in [9.17, 15) is 19.7 Å². The summed E-state index contributed by atoms with van der Waals surface area (Å²) in [5.74, 6) is -0.232. The molecular formula is C22H25N5O4. The normalized spacial score (nSPS) is 16.6. The first kappa shape index (κ1) is 20.8. The number of anilines is 2. The lowest BCUT2D eigenvalue weighted by atomic mass is 10.2. The molecule has 2 aliphatic rings. The number of rotatable bonds is 7. The van der Waals surface area contributed by atoms with E-state index in [1.54, 1.807) is 36.4 Å². The highest BCUT2D eigenvalue weighted by molar-refractivity contribution is 5.97. The summed E-state index contributed by atoms with van der Waals surface area (Å²) in [5, 5.41) is 16.6. The Bertz CT molecular complexity index is 966. The van der Waals surface area contributed by atoms with Crippen LogP contribution in [0.1, 0.15) is 23.2 Å². The zero-order chi connectivity index (χ0) is 21.8. The Morgan fingerprint density at radius 1 is 1.03 bits per heavy atom. The second kappa shape index (κ2) is 9.13. The largest absolute Gasteiger partial charge is 0.369 e. The number of amides is 2. The van der Waals surface area contributed by atoms with Crippen molar-refractivity contribution in [1.29, 1.82) is 0 Å². The maximum absolute atomic E-state index is 12.5. The van der Waals surface area contributed by atoms with Gasteiger partial charge in [-0.05, 0) is 43.2 Å². The average Bonchev–Trinajstić information content (AvgIpc) is 3.58. The van der Waals surface area contributed by atoms with Crippen molar-refractivity contribution in [1.82, 2.24) is 10.2 Å². The van der Waals surface area contributed by atoms with Crippen LogP contribution < -0.4 is 15.5 Å². The number of hydrogen-bond acceptors (Lipinski definition) is 6. The van der Waals surface area contributed by atoms with Crippen LogP contribution in [0.4, 0.5) is 17.1 Å². The van der Waals surface area contributed by atoms with Gasteiger partial charge >= 0.3 is 0 Å². The average molecular weight is 423 g/mol. The van der Waals surface area contributed by atoms with E-state index < -0.39 is 4.92 Å². The van der Waals surface area contributed by atoms with Gasteiger partial charge in [0.15, 0.2) is 0 Å². The Morgan fingerprint density at radius 3 is 2.39 bits per heavy atom. The van der Waals surface area contributed by atoms with Gasteiger partial charge in [-0.15, -0.1) is 0 Å². The second-order valence-corrected chi connectivity index (χ2v) is 7.91. The molecule has 162 valence electrons. The number of carbonyl (C=O) groups is 2. The zero-order valence-corrected chi connectivity index (χ0v) is 17.1. The van der Waals surface area contributed by atoms with Crippen LogP contribution in [0, 0.1) is 10.1 Å². The van der Waals surface area contributed by atoms with Crippen molar-refractivity contribution in [2.24, 2.45) is 0 Å². The summed E-state index contributed by atoms with van der Waals surface area (Å²) in [5.41, 5.74) is 2.17. The van der Waals surface area contributed by atoms with Gasteiger partial charge in [0.25, 0.3) is 11.6 Å². The first-order valence-corrected chi connectivity index (χ1v) is 10.4. The Balaban J connectivity index is 1.25. The van der Waals surface area contributed by atoms with Crippen LogP contribution in [0.25, 0.3) is 0 Å². The van der Waals surface area contributed by atoms with Crippen molar-refractivity contribution >= 4 is 28.9 Å². The van der Waals surface area contributed by atoms with Gasteiger partial charge in [0.05, 0.1) is 11.5 Å². The van der Waals surface area contributed by atoms with E-state index in [-0.39, 0.29) is 30.1 Å². The lowest BCUT2D eigenvalue weighted by Gasteiger charge is -2.35. The third-order valence-corrected chi connectivity index (χ3v) is 5.49. The second-order valence-electron chi connectivity index (χ2n) is 7.91. The fourth-order valence-electron chi connectivity index (χ4n) is 3.59. The minimum atomic E-state index is -0.407. The molecule has 2 amide bonds. The van der Waals surface area contributed by atoms with E-state index >= 15 is 0 Å². The van der Waals surface area contributed by atoms with Crippen molar-refractivity contribution < 1.29 is 14.5 Å². The molecule has 1 aliphatic heterocycles. The molecule has 1 saturated heterocycles. The molecule has 31 heavy (non-hydrogen) atoms. The molecule has 2 aromatic rings. The molecule has 2 aromatic carbocycles. The topological polar surface area (TPSA) is 108 Å². The molecule has 0 atom stereocenters. The van der Waals surface area contributed by atoms with Crippen LogP contribution >= 0.6 is 0 Å². The molecular weight excluding hydrogens is 398 g/mol. The quantitative estimate of drug-likeness (QED) is 0.522. The molecule has 1 heterocycles. The maximum atomic E-state index is 12.5. The van der Waals surface area contributed by atoms with Gasteiger partial charge in [-0.1, -0.05) is 6.07 Å². The molecule has 9 heteroatoms. The van der Waals surface area contributed by atoms with Crippen LogP contribution in [0.2, 0.25) is 0 Å². The minimum absolute atomic E-state index is 0.0770. The number of nitrogens with zero attached hydrogens (tertiary/aromatic N) is 3. The van der Waals surface area contributed by atoms with E-state index in [2.05, 4.69) is 20.4 Å². The Labute approximate surface area is 180 Å². The summed E-state index contributed by atoms with van der Waals surface area (Å²) in [7, 11) is 0. The van der Waals surface area contributed by atoms with Gasteiger partial charge in [-0.25, -0.2) is 0 Å². The lowest BCUT2D eigenvalue weighted by molar-refractivity contribution is -0.384. The predicted molar refractivity (Wildman–Crippen MR) is 117 cm³/mol. The third-order valence-electron chi connectivity index (χ3n) is 5.49. The number of nitrogens with one attached hydrogen (secondary N) is 2. The first-order valence-electron chi connectivity index (χ1n) is 10.4. The summed E-state index contributed by atoms with van der Waals surface area (Å²) in [6, 6.07) is 13.8. The van der Waals surface area contributed by atoms with Gasteiger partial charge in [-0.2, -0.15) is 0 Å². The number of hydrogen-bond donors (Lipinski definition) is 2. The number of carbonyl (C=O) groups excluding carboxylic acids is 2. The van der Waals surface area contributed by atoms with Crippen LogP contribution in [-0.2, 0) is 4.79 Å². The van der Waals surface area contributed by atoms with E-state index in [1.807, 2.05) is 0 Å². The highest BCUT2D eigenvalue weighted by Gasteiger charge is 2.24. The van der Waals surface area contributed by atoms with E-state index in [4.69, 9.17) is 0 Å². The summed E-state index contributed by atoms with van der Waals surface area (Å²) < 4.78 is 0. The number of piperazine rings is 1. The molecule has 0 radical (unpaired) electrons. The Morgan fingerprint density at radius 2 is 1.74 bits per heavy atom. The van der Waals surface area contributed by atoms with Crippen molar-refractivity contribution in [3.63, 3.8) is 0 Å². The number of nitro benzene ring substituents is 1. The molecule has 1 aliphatic carbocycles. The highest BCUT2D eigenvalue weighted by Crippen LogP contribution is 2.21. The van der Waals surface area contributed by atoms with Gasteiger partial charge in [0, 0.05) is 61.3 Å². The van der Waals surface area contributed by atoms with Crippen LogP contribution in [-0.4, -0.2) is 60.4 Å². The molecule has 0 unspecified atom stereocenters. The van der Waals surface area contributed by atoms with Crippen LogP contribution in [0.3, 0.4) is 0 Å². The van der Waals surface area contributed by atoms with Crippen molar-refractivity contribution in [3.05, 3.63) is 64.2 Å². The number of non-ortho nitro benzene ring substituents is 1. The standard InChI is InChI=1S/C22H25N5O4/c28-21(23-18-3-1-2-16(14-18)22(29)24-17-4-5-17)15-25-10-12-26(13-11-25)19-6-8-20(9-7-19)27(30)31/h1-3,6-9,14,17H,4-5,10-13,15H2,(H,23,28)(H,24,29). The maximum Gasteiger partial charge on any atom is 0.269 e. The molecule has 9 nitrogen and oxygen atoms in total. The molecule has 2 fully saturated rings. The fourth-order valence-corrected chi connectivity index (χ4v) is 3.59. The van der Waals surface area contributed by atoms with Crippen LogP contribution in [0.5, 0.6) is 0 Å². The number of nitro groups is 1. The fraction of sp³-hybridized carbons (Fsp3) is 0.364. The van der Waals surface area contributed by atoms with Crippen molar-refractivity contribution in [3.8, 4) is 0 Å². The first-order chi connectivity index (χ1) is 15.0. The Hall–Kier alpha value is -3.46. The minimum Gasteiger partial charge on any atom is -0.369 e. The monoisotopic (exact) mass is 423 g/mol. The summed E-state index contributed by atoms with van der Waals surface area (Å²) in [4.78, 5) is 39.3.